The number of hydrogen-bond donors (Lipinski definition) is 1. The van der Waals surface area contributed by atoms with Gasteiger partial charge in [0.15, 0.2) is 0 Å². The molecule has 0 unspecified atom stereocenters. The van der Waals surface area contributed by atoms with Gasteiger partial charge in [0.25, 0.3) is 0 Å². The van der Waals surface area contributed by atoms with Crippen LogP contribution in [0.1, 0.15) is 31.0 Å². The van der Waals surface area contributed by atoms with Crippen LogP contribution in [0.15, 0.2) is 42.6 Å². The third kappa shape index (κ3) is 2.93. The minimum absolute atomic E-state index is 0.0254. The van der Waals surface area contributed by atoms with Gasteiger partial charge in [-0.25, -0.2) is 4.98 Å². The van der Waals surface area contributed by atoms with Gasteiger partial charge in [-0.2, -0.15) is 0 Å². The van der Waals surface area contributed by atoms with E-state index >= 15 is 0 Å². The van der Waals surface area contributed by atoms with Gasteiger partial charge in [0.05, 0.1) is 0 Å². The first-order chi connectivity index (χ1) is 9.13. The maximum Gasteiger partial charge on any atom is 0.137 e. The molecule has 1 heterocycles. The lowest BCUT2D eigenvalue weighted by atomic mass is 10.1. The van der Waals surface area contributed by atoms with Gasteiger partial charge in [0, 0.05) is 30.0 Å². The third-order valence-corrected chi connectivity index (χ3v) is 3.19. The summed E-state index contributed by atoms with van der Waals surface area (Å²) in [5.74, 6) is 0.950. The maximum absolute atomic E-state index is 6.05. The van der Waals surface area contributed by atoms with Crippen molar-refractivity contribution < 1.29 is 0 Å². The highest BCUT2D eigenvalue weighted by atomic mass is 15.2. The molecule has 0 aliphatic carbocycles. The molecule has 100 valence electrons. The average Bonchev–Trinajstić information content (AvgIpc) is 2.40. The van der Waals surface area contributed by atoms with Crippen LogP contribution >= 0.6 is 0 Å². The van der Waals surface area contributed by atoms with Crippen molar-refractivity contribution in [1.82, 2.24) is 4.98 Å². The molecule has 3 nitrogen and oxygen atoms in total. The Morgan fingerprint density at radius 2 is 2.05 bits per heavy atom. The Morgan fingerprint density at radius 1 is 1.26 bits per heavy atom. The molecule has 0 saturated heterocycles. The summed E-state index contributed by atoms with van der Waals surface area (Å²) in [5.41, 5.74) is 9.52. The van der Waals surface area contributed by atoms with E-state index in [0.717, 1.165) is 23.6 Å². The van der Waals surface area contributed by atoms with Crippen molar-refractivity contribution in [1.29, 1.82) is 0 Å². The summed E-state index contributed by atoms with van der Waals surface area (Å²) in [6.45, 7) is 7.08. The van der Waals surface area contributed by atoms with Crippen LogP contribution < -0.4 is 10.6 Å². The third-order valence-electron chi connectivity index (χ3n) is 3.19. The second-order valence-electron chi connectivity index (χ2n) is 4.79. The monoisotopic (exact) mass is 255 g/mol. The molecule has 0 fully saturated rings. The molecule has 1 aromatic heterocycles. The van der Waals surface area contributed by atoms with Gasteiger partial charge >= 0.3 is 0 Å². The van der Waals surface area contributed by atoms with Gasteiger partial charge < -0.3 is 10.6 Å². The standard InChI is InChI=1S/C16H21N3/c1-4-19(14-8-5-7-12(2)11-14)16-15(13(3)17)9-6-10-18-16/h5-11,13H,4,17H2,1-3H3/t13-/m1/s1. The van der Waals surface area contributed by atoms with Crippen molar-refractivity contribution in [2.45, 2.75) is 26.8 Å². The molecule has 0 bridgehead atoms. The highest BCUT2D eigenvalue weighted by molar-refractivity contribution is 5.63. The van der Waals surface area contributed by atoms with Gasteiger partial charge in [-0.3, -0.25) is 0 Å². The Hall–Kier alpha value is -1.87. The van der Waals surface area contributed by atoms with Crippen molar-refractivity contribution in [2.75, 3.05) is 11.4 Å². The molecular formula is C16H21N3. The van der Waals surface area contributed by atoms with Crippen molar-refractivity contribution in [3.8, 4) is 0 Å². The van der Waals surface area contributed by atoms with E-state index in [1.807, 2.05) is 25.3 Å². The summed E-state index contributed by atoms with van der Waals surface area (Å²) in [5, 5.41) is 0. The lowest BCUT2D eigenvalue weighted by molar-refractivity contribution is 0.801. The fourth-order valence-electron chi connectivity index (χ4n) is 2.24. The number of rotatable bonds is 4. The average molecular weight is 255 g/mol. The largest absolute Gasteiger partial charge is 0.326 e. The number of pyridine rings is 1. The van der Waals surface area contributed by atoms with Crippen molar-refractivity contribution in [3.05, 3.63) is 53.7 Å². The van der Waals surface area contributed by atoms with Crippen LogP contribution in [0.3, 0.4) is 0 Å². The number of hydrogen-bond acceptors (Lipinski definition) is 3. The van der Waals surface area contributed by atoms with E-state index in [2.05, 4.69) is 48.0 Å². The van der Waals surface area contributed by atoms with E-state index in [1.54, 1.807) is 0 Å². The van der Waals surface area contributed by atoms with Crippen molar-refractivity contribution in [3.63, 3.8) is 0 Å². The molecule has 2 rings (SSSR count). The van der Waals surface area contributed by atoms with Gasteiger partial charge in [-0.15, -0.1) is 0 Å². The molecule has 2 N–H and O–H groups in total. The van der Waals surface area contributed by atoms with Gasteiger partial charge in [-0.05, 0) is 44.5 Å². The Kier molecular flexibility index (Phi) is 4.17. The predicted octanol–water partition coefficient (Wildman–Crippen LogP) is 3.57. The van der Waals surface area contributed by atoms with E-state index in [9.17, 15) is 0 Å². The number of nitrogens with two attached hydrogens (primary N) is 1. The number of aryl methyl sites for hydroxylation is 1. The summed E-state index contributed by atoms with van der Waals surface area (Å²) >= 11 is 0. The molecule has 0 saturated carbocycles. The highest BCUT2D eigenvalue weighted by Crippen LogP contribution is 2.29. The summed E-state index contributed by atoms with van der Waals surface area (Å²) in [6.07, 6.45) is 1.82. The lowest BCUT2D eigenvalue weighted by Gasteiger charge is -2.26. The van der Waals surface area contributed by atoms with Crippen molar-refractivity contribution in [2.24, 2.45) is 5.73 Å². The summed E-state index contributed by atoms with van der Waals surface area (Å²) in [4.78, 5) is 6.72. The van der Waals surface area contributed by atoms with Crippen LogP contribution in [-0.2, 0) is 0 Å². The van der Waals surface area contributed by atoms with Gasteiger partial charge in [0.2, 0.25) is 0 Å². The minimum atomic E-state index is -0.0254. The Labute approximate surface area is 115 Å². The molecule has 0 aliphatic rings. The van der Waals surface area contributed by atoms with Crippen LogP contribution in [0, 0.1) is 6.92 Å². The maximum atomic E-state index is 6.05. The topological polar surface area (TPSA) is 42.2 Å². The van der Waals surface area contributed by atoms with Crippen molar-refractivity contribution >= 4 is 11.5 Å². The number of anilines is 2. The molecule has 2 aromatic rings. The first-order valence-corrected chi connectivity index (χ1v) is 6.68. The smallest absolute Gasteiger partial charge is 0.137 e. The SMILES string of the molecule is CCN(c1cccc(C)c1)c1ncccc1[C@@H](C)N. The fourth-order valence-corrected chi connectivity index (χ4v) is 2.24. The van der Waals surface area contributed by atoms with Crippen LogP contribution in [0.25, 0.3) is 0 Å². The second kappa shape index (κ2) is 5.85. The van der Waals surface area contributed by atoms with E-state index < -0.39 is 0 Å². The van der Waals surface area contributed by atoms with E-state index in [4.69, 9.17) is 5.73 Å². The molecule has 3 heteroatoms. The van der Waals surface area contributed by atoms with Crippen LogP contribution in [-0.4, -0.2) is 11.5 Å². The molecular weight excluding hydrogens is 234 g/mol. The molecule has 0 aliphatic heterocycles. The predicted molar refractivity (Wildman–Crippen MR) is 80.7 cm³/mol. The molecule has 0 spiro atoms. The first kappa shape index (κ1) is 13.6. The Balaban J connectivity index is 2.48. The van der Waals surface area contributed by atoms with E-state index in [1.165, 1.54) is 5.56 Å². The molecule has 1 atom stereocenters. The summed E-state index contributed by atoms with van der Waals surface area (Å²) in [7, 11) is 0. The quantitative estimate of drug-likeness (QED) is 0.908. The summed E-state index contributed by atoms with van der Waals surface area (Å²) in [6, 6.07) is 12.4. The fraction of sp³-hybridized carbons (Fsp3) is 0.312. The second-order valence-corrected chi connectivity index (χ2v) is 4.79. The first-order valence-electron chi connectivity index (χ1n) is 6.68. The zero-order valence-electron chi connectivity index (χ0n) is 11.8. The van der Waals surface area contributed by atoms with Crippen LogP contribution in [0.4, 0.5) is 11.5 Å². The number of benzene rings is 1. The van der Waals surface area contributed by atoms with Crippen LogP contribution in [0.2, 0.25) is 0 Å². The van der Waals surface area contributed by atoms with Gasteiger partial charge in [-0.1, -0.05) is 18.2 Å². The Morgan fingerprint density at radius 3 is 2.68 bits per heavy atom. The van der Waals surface area contributed by atoms with Crippen LogP contribution in [0.5, 0.6) is 0 Å². The Bertz CT molecular complexity index is 549. The normalized spacial score (nSPS) is 12.2. The molecule has 0 amide bonds. The molecule has 0 radical (unpaired) electrons. The highest BCUT2D eigenvalue weighted by Gasteiger charge is 2.15. The van der Waals surface area contributed by atoms with Gasteiger partial charge in [0.1, 0.15) is 5.82 Å². The molecule has 19 heavy (non-hydrogen) atoms. The zero-order valence-corrected chi connectivity index (χ0v) is 11.8. The zero-order chi connectivity index (χ0) is 13.8. The number of aromatic nitrogens is 1. The van der Waals surface area contributed by atoms with E-state index in [0.29, 0.717) is 0 Å². The number of nitrogens with zero attached hydrogens (tertiary/aromatic N) is 2. The summed E-state index contributed by atoms with van der Waals surface area (Å²) < 4.78 is 0. The minimum Gasteiger partial charge on any atom is -0.326 e. The molecule has 1 aromatic carbocycles. The van der Waals surface area contributed by atoms with E-state index in [-0.39, 0.29) is 6.04 Å². The lowest BCUT2D eigenvalue weighted by Crippen LogP contribution is -2.21.